The summed E-state index contributed by atoms with van der Waals surface area (Å²) in [5, 5.41) is 0. The molecule has 0 saturated heterocycles. The smallest absolute Gasteiger partial charge is 0.203 e. The topological polar surface area (TPSA) is 27.7 Å². The Hall–Kier alpha value is -2.46. The van der Waals surface area contributed by atoms with E-state index in [9.17, 15) is 0 Å². The standard InChI is InChI=1S/C54H96NO3/c1-7-10-13-16-19-22-25-27-29-31-34-36-39-42-45-56-52-48-51(50-55(4,5)6)49-53(54(52)58-47-44-41-38-33-24-21-18-15-12-9-3)57-46-43-40-37-35-32-30-28-26-23-20-17-14-11-8-2/h7-8,10-11,13-14,48-49H,1-2,9,12,15-47,50H2,3-6H3/q+1/b13-10+,14-11+. The molecule has 0 heterocycles. The average molecular weight is 807 g/mol. The summed E-state index contributed by atoms with van der Waals surface area (Å²) in [6, 6.07) is 4.47. The number of allylic oxidation sites excluding steroid dienone is 6. The van der Waals surface area contributed by atoms with Crippen LogP contribution in [0.3, 0.4) is 0 Å². The molecule has 0 aromatic heterocycles. The number of quaternary nitrogens is 1. The molecular weight excluding hydrogens is 711 g/mol. The fraction of sp³-hybridized carbons (Fsp3) is 0.741. The van der Waals surface area contributed by atoms with Crippen LogP contribution in [0.25, 0.3) is 0 Å². The van der Waals surface area contributed by atoms with E-state index in [2.05, 4.69) is 77.7 Å². The van der Waals surface area contributed by atoms with Crippen molar-refractivity contribution in [1.29, 1.82) is 0 Å². The van der Waals surface area contributed by atoms with Gasteiger partial charge in [-0.05, 0) is 57.1 Å². The van der Waals surface area contributed by atoms with Crippen molar-refractivity contribution in [2.45, 2.75) is 219 Å². The fourth-order valence-electron chi connectivity index (χ4n) is 7.70. The van der Waals surface area contributed by atoms with E-state index in [4.69, 9.17) is 14.2 Å². The molecule has 0 N–H and O–H groups in total. The number of benzene rings is 1. The normalized spacial score (nSPS) is 11.9. The summed E-state index contributed by atoms with van der Waals surface area (Å²) in [4.78, 5) is 0. The molecule has 0 aliphatic heterocycles. The molecule has 0 fully saturated rings. The Kier molecular flexibility index (Phi) is 36.9. The van der Waals surface area contributed by atoms with E-state index >= 15 is 0 Å². The average Bonchev–Trinajstić information content (AvgIpc) is 3.20. The van der Waals surface area contributed by atoms with Gasteiger partial charge in [-0.2, -0.15) is 0 Å². The van der Waals surface area contributed by atoms with Crippen molar-refractivity contribution in [3.05, 3.63) is 67.3 Å². The molecule has 0 atom stereocenters. The van der Waals surface area contributed by atoms with Gasteiger partial charge in [-0.15, -0.1) is 0 Å². The minimum atomic E-state index is 0.719. The molecule has 0 bridgehead atoms. The molecule has 0 spiro atoms. The van der Waals surface area contributed by atoms with Crippen molar-refractivity contribution in [2.75, 3.05) is 41.0 Å². The van der Waals surface area contributed by atoms with Gasteiger partial charge in [0, 0.05) is 5.56 Å². The highest BCUT2D eigenvalue weighted by atomic mass is 16.5. The van der Waals surface area contributed by atoms with Gasteiger partial charge in [0.15, 0.2) is 11.5 Å². The van der Waals surface area contributed by atoms with Crippen LogP contribution in [0.15, 0.2) is 61.7 Å². The molecule has 0 amide bonds. The van der Waals surface area contributed by atoms with E-state index in [-0.39, 0.29) is 0 Å². The zero-order chi connectivity index (χ0) is 42.0. The van der Waals surface area contributed by atoms with Gasteiger partial charge in [-0.3, -0.25) is 0 Å². The summed E-state index contributed by atoms with van der Waals surface area (Å²) < 4.78 is 20.6. The van der Waals surface area contributed by atoms with Crippen LogP contribution in [-0.2, 0) is 6.54 Å². The number of unbranched alkanes of at least 4 members (excludes halogenated alkanes) is 29. The van der Waals surface area contributed by atoms with Crippen LogP contribution in [0.1, 0.15) is 218 Å². The predicted octanol–water partition coefficient (Wildman–Crippen LogP) is 17.0. The quantitative estimate of drug-likeness (QED) is 0.0373. The lowest BCUT2D eigenvalue weighted by Crippen LogP contribution is -2.33. The second-order valence-corrected chi connectivity index (χ2v) is 18.1. The highest BCUT2D eigenvalue weighted by Gasteiger charge is 2.19. The fourth-order valence-corrected chi connectivity index (χ4v) is 7.70. The van der Waals surface area contributed by atoms with Gasteiger partial charge in [0.05, 0.1) is 41.0 Å². The largest absolute Gasteiger partial charge is 0.490 e. The van der Waals surface area contributed by atoms with E-state index in [1.165, 1.54) is 192 Å². The number of rotatable bonds is 44. The Morgan fingerprint density at radius 3 is 1.07 bits per heavy atom. The van der Waals surface area contributed by atoms with Crippen molar-refractivity contribution in [3.8, 4) is 17.2 Å². The minimum absolute atomic E-state index is 0.719. The molecule has 0 unspecified atom stereocenters. The van der Waals surface area contributed by atoms with Crippen molar-refractivity contribution in [1.82, 2.24) is 0 Å². The molecule has 1 aromatic carbocycles. The predicted molar refractivity (Wildman–Crippen MR) is 257 cm³/mol. The lowest BCUT2D eigenvalue weighted by Gasteiger charge is -2.25. The Morgan fingerprint density at radius 2 is 0.741 bits per heavy atom. The third-order valence-electron chi connectivity index (χ3n) is 11.1. The van der Waals surface area contributed by atoms with Crippen LogP contribution >= 0.6 is 0 Å². The molecular formula is C54H96NO3+. The Bertz CT molecular complexity index is 1070. The summed E-state index contributed by atoms with van der Waals surface area (Å²) in [7, 11) is 6.76. The monoisotopic (exact) mass is 807 g/mol. The molecule has 334 valence electrons. The van der Waals surface area contributed by atoms with E-state index in [1.807, 2.05) is 12.2 Å². The van der Waals surface area contributed by atoms with E-state index in [1.54, 1.807) is 0 Å². The maximum Gasteiger partial charge on any atom is 0.203 e. The molecule has 58 heavy (non-hydrogen) atoms. The summed E-state index contributed by atoms with van der Waals surface area (Å²) in [6.07, 6.45) is 54.1. The van der Waals surface area contributed by atoms with Crippen LogP contribution in [0.5, 0.6) is 17.2 Å². The van der Waals surface area contributed by atoms with E-state index < -0.39 is 0 Å². The van der Waals surface area contributed by atoms with Gasteiger partial charge in [-0.1, -0.05) is 217 Å². The van der Waals surface area contributed by atoms with E-state index in [0.717, 1.165) is 67.4 Å². The van der Waals surface area contributed by atoms with Crippen LogP contribution in [0.2, 0.25) is 0 Å². The molecule has 1 aromatic rings. The van der Waals surface area contributed by atoms with E-state index in [0.29, 0.717) is 0 Å². The van der Waals surface area contributed by atoms with Crippen LogP contribution < -0.4 is 14.2 Å². The molecule has 0 aliphatic rings. The molecule has 0 saturated carbocycles. The van der Waals surface area contributed by atoms with Crippen LogP contribution in [-0.4, -0.2) is 45.4 Å². The minimum Gasteiger partial charge on any atom is -0.490 e. The molecule has 4 nitrogen and oxygen atoms in total. The van der Waals surface area contributed by atoms with Crippen molar-refractivity contribution >= 4 is 0 Å². The maximum atomic E-state index is 6.61. The van der Waals surface area contributed by atoms with Crippen LogP contribution in [0, 0.1) is 0 Å². The third kappa shape index (κ3) is 34.4. The Labute approximate surface area is 362 Å². The first-order valence-corrected chi connectivity index (χ1v) is 24.8. The summed E-state index contributed by atoms with van der Waals surface area (Å²) in [6.45, 7) is 12.9. The maximum absolute atomic E-state index is 6.61. The van der Waals surface area contributed by atoms with Crippen LogP contribution in [0.4, 0.5) is 0 Å². The summed E-state index contributed by atoms with van der Waals surface area (Å²) in [5.74, 6) is 2.58. The second-order valence-electron chi connectivity index (χ2n) is 18.1. The number of nitrogens with zero attached hydrogens (tertiary/aromatic N) is 1. The zero-order valence-electron chi connectivity index (χ0n) is 39.2. The molecule has 4 heteroatoms. The molecule has 0 aliphatic carbocycles. The zero-order valence-corrected chi connectivity index (χ0v) is 39.2. The molecule has 0 radical (unpaired) electrons. The lowest BCUT2D eigenvalue weighted by molar-refractivity contribution is -0.884. The second kappa shape index (κ2) is 40.0. The first kappa shape index (κ1) is 53.6. The van der Waals surface area contributed by atoms with Crippen molar-refractivity contribution in [2.24, 2.45) is 0 Å². The van der Waals surface area contributed by atoms with Gasteiger partial charge in [0.25, 0.3) is 0 Å². The molecule has 1 rings (SSSR count). The number of ether oxygens (including phenoxy) is 3. The number of hydrogen-bond donors (Lipinski definition) is 0. The van der Waals surface area contributed by atoms with Gasteiger partial charge >= 0.3 is 0 Å². The first-order valence-electron chi connectivity index (χ1n) is 24.8. The lowest BCUT2D eigenvalue weighted by atomic mass is 10.1. The van der Waals surface area contributed by atoms with Gasteiger partial charge < -0.3 is 18.7 Å². The van der Waals surface area contributed by atoms with Crippen molar-refractivity contribution in [3.63, 3.8) is 0 Å². The van der Waals surface area contributed by atoms with Gasteiger partial charge in [-0.25, -0.2) is 0 Å². The van der Waals surface area contributed by atoms with Gasteiger partial charge in [0.1, 0.15) is 6.54 Å². The Morgan fingerprint density at radius 1 is 0.431 bits per heavy atom. The summed E-state index contributed by atoms with van der Waals surface area (Å²) >= 11 is 0. The summed E-state index contributed by atoms with van der Waals surface area (Å²) in [5.41, 5.74) is 1.25. The Balaban J connectivity index is 2.63. The number of hydrogen-bond acceptors (Lipinski definition) is 3. The first-order chi connectivity index (χ1) is 28.4. The van der Waals surface area contributed by atoms with Gasteiger partial charge in [0.2, 0.25) is 5.75 Å². The van der Waals surface area contributed by atoms with Crippen molar-refractivity contribution < 1.29 is 18.7 Å². The highest BCUT2D eigenvalue weighted by Crippen LogP contribution is 2.40. The highest BCUT2D eigenvalue weighted by molar-refractivity contribution is 5.54. The SMILES string of the molecule is C=C/C=C/CCCCCCCCCCCCOc1cc(C[N+](C)(C)C)cc(OCCCCCCCCCCCC/C=C/C=C)c1OCCCCCCCCCCCC. The third-order valence-corrected chi connectivity index (χ3v) is 11.1.